The Morgan fingerprint density at radius 2 is 1.64 bits per heavy atom. The molecule has 3 heteroatoms. The molecule has 1 rings (SSSR count). The van der Waals surface area contributed by atoms with Crippen molar-refractivity contribution in [1.82, 2.24) is 4.31 Å². The van der Waals surface area contributed by atoms with Crippen molar-refractivity contribution in [1.29, 1.82) is 0 Å². The van der Waals surface area contributed by atoms with E-state index in [1.54, 1.807) is 0 Å². The van der Waals surface area contributed by atoms with E-state index in [0.717, 1.165) is 19.0 Å². The van der Waals surface area contributed by atoms with Gasteiger partial charge < -0.3 is 0 Å². The molecule has 0 aromatic rings. The van der Waals surface area contributed by atoms with Gasteiger partial charge in [-0.3, -0.25) is 0 Å². The summed E-state index contributed by atoms with van der Waals surface area (Å²) in [6.07, 6.45) is 2.41. The molecule has 0 amide bonds. The van der Waals surface area contributed by atoms with Crippen LogP contribution in [0.4, 0.5) is 0 Å². The molecule has 0 aromatic heterocycles. The maximum Gasteiger partial charge on any atom is 0.0968 e. The van der Waals surface area contributed by atoms with E-state index in [2.05, 4.69) is 11.2 Å². The number of rotatable bonds is 2. The Morgan fingerprint density at radius 1 is 1.21 bits per heavy atom. The van der Waals surface area contributed by atoms with Gasteiger partial charge in [-0.1, -0.05) is 20.8 Å². The van der Waals surface area contributed by atoms with E-state index in [1.165, 1.54) is 12.8 Å². The standard InChI is InChI=1S/C9H19NOS.C2H6/c1-8(2)12(11)10-6-4-9(3)5-7-10;1-2/h8-9H,4-7H2,1-3H3;1-2H3. The van der Waals surface area contributed by atoms with Gasteiger partial charge in [0, 0.05) is 18.3 Å². The van der Waals surface area contributed by atoms with Gasteiger partial charge in [-0.2, -0.15) is 0 Å². The zero-order chi connectivity index (χ0) is 11.1. The summed E-state index contributed by atoms with van der Waals surface area (Å²) in [6.45, 7) is 12.4. The molecular formula is C11H25NOS. The summed E-state index contributed by atoms with van der Waals surface area (Å²) in [5.74, 6) is 0.824. The highest BCUT2D eigenvalue weighted by molar-refractivity contribution is 7.83. The second kappa shape index (κ2) is 7.41. The molecule has 0 bridgehead atoms. The minimum absolute atomic E-state index is 0.276. The quantitative estimate of drug-likeness (QED) is 0.699. The van der Waals surface area contributed by atoms with E-state index in [4.69, 9.17) is 0 Å². The van der Waals surface area contributed by atoms with E-state index >= 15 is 0 Å². The lowest BCUT2D eigenvalue weighted by molar-refractivity contribution is 0.298. The first-order valence-electron chi connectivity index (χ1n) is 5.77. The molecule has 1 saturated heterocycles. The summed E-state index contributed by atoms with van der Waals surface area (Å²) in [5.41, 5.74) is 0. The molecule has 86 valence electrons. The summed E-state index contributed by atoms with van der Waals surface area (Å²) in [5, 5.41) is 0.276. The smallest absolute Gasteiger partial charge is 0.0968 e. The second-order valence-electron chi connectivity index (χ2n) is 3.94. The molecule has 1 aliphatic rings. The van der Waals surface area contributed by atoms with Crippen LogP contribution in [0, 0.1) is 5.92 Å². The van der Waals surface area contributed by atoms with Crippen LogP contribution < -0.4 is 0 Å². The fourth-order valence-electron chi connectivity index (χ4n) is 1.46. The molecule has 1 fully saturated rings. The van der Waals surface area contributed by atoms with E-state index in [0.29, 0.717) is 0 Å². The molecule has 1 unspecified atom stereocenters. The van der Waals surface area contributed by atoms with Crippen molar-refractivity contribution in [2.45, 2.75) is 52.7 Å². The maximum absolute atomic E-state index is 11.6. The highest BCUT2D eigenvalue weighted by Crippen LogP contribution is 2.18. The van der Waals surface area contributed by atoms with Gasteiger partial charge in [0.15, 0.2) is 0 Å². The van der Waals surface area contributed by atoms with Crippen molar-refractivity contribution in [3.05, 3.63) is 0 Å². The van der Waals surface area contributed by atoms with Crippen LogP contribution >= 0.6 is 0 Å². The highest BCUT2D eigenvalue weighted by atomic mass is 32.2. The van der Waals surface area contributed by atoms with Crippen molar-refractivity contribution in [2.24, 2.45) is 5.92 Å². The predicted octanol–water partition coefficient (Wildman–Crippen LogP) is 2.82. The summed E-state index contributed by atoms with van der Waals surface area (Å²) < 4.78 is 13.8. The van der Waals surface area contributed by atoms with Gasteiger partial charge >= 0.3 is 0 Å². The van der Waals surface area contributed by atoms with Crippen molar-refractivity contribution in [3.8, 4) is 0 Å². The molecule has 0 radical (unpaired) electrons. The number of hydrogen-bond acceptors (Lipinski definition) is 1. The zero-order valence-electron chi connectivity index (χ0n) is 10.2. The number of hydrogen-bond donors (Lipinski definition) is 0. The predicted molar refractivity (Wildman–Crippen MR) is 64.6 cm³/mol. The molecule has 0 N–H and O–H groups in total. The molecule has 1 aliphatic heterocycles. The summed E-state index contributed by atoms with van der Waals surface area (Å²) in [4.78, 5) is 0. The summed E-state index contributed by atoms with van der Waals surface area (Å²) in [6, 6.07) is 0. The van der Waals surface area contributed by atoms with Crippen LogP contribution in [0.5, 0.6) is 0 Å². The topological polar surface area (TPSA) is 20.3 Å². The van der Waals surface area contributed by atoms with Crippen molar-refractivity contribution in [3.63, 3.8) is 0 Å². The molecule has 2 nitrogen and oxygen atoms in total. The molecule has 0 aromatic carbocycles. The first kappa shape index (κ1) is 14.1. The Morgan fingerprint density at radius 3 is 2.00 bits per heavy atom. The molecule has 0 spiro atoms. The van der Waals surface area contributed by atoms with E-state index < -0.39 is 11.0 Å². The van der Waals surface area contributed by atoms with Crippen LogP contribution in [0.15, 0.2) is 0 Å². The van der Waals surface area contributed by atoms with Crippen LogP contribution in [0.3, 0.4) is 0 Å². The molecule has 1 heterocycles. The zero-order valence-corrected chi connectivity index (χ0v) is 11.1. The molecule has 0 aliphatic carbocycles. The Labute approximate surface area is 91.7 Å². The van der Waals surface area contributed by atoms with Crippen LogP contribution in [0.2, 0.25) is 0 Å². The van der Waals surface area contributed by atoms with Gasteiger partial charge in [-0.05, 0) is 32.6 Å². The second-order valence-corrected chi connectivity index (χ2v) is 5.95. The lowest BCUT2D eigenvalue weighted by atomic mass is 10.0. The largest absolute Gasteiger partial charge is 0.242 e. The Hall–Kier alpha value is 0.110. The minimum Gasteiger partial charge on any atom is -0.242 e. The SMILES string of the molecule is CC.CC1CCN(S(=O)C(C)C)CC1. The van der Waals surface area contributed by atoms with Crippen molar-refractivity contribution >= 4 is 11.0 Å². The highest BCUT2D eigenvalue weighted by Gasteiger charge is 2.21. The third kappa shape index (κ3) is 4.56. The van der Waals surface area contributed by atoms with Gasteiger partial charge in [0.2, 0.25) is 0 Å². The maximum atomic E-state index is 11.6. The van der Waals surface area contributed by atoms with Gasteiger partial charge in [0.1, 0.15) is 0 Å². The van der Waals surface area contributed by atoms with Gasteiger partial charge in [0.25, 0.3) is 0 Å². The Kier molecular flexibility index (Phi) is 7.47. The van der Waals surface area contributed by atoms with Crippen molar-refractivity contribution < 1.29 is 4.21 Å². The van der Waals surface area contributed by atoms with Crippen LogP contribution in [0.25, 0.3) is 0 Å². The normalized spacial score (nSPS) is 21.6. The van der Waals surface area contributed by atoms with Gasteiger partial charge in [-0.15, -0.1) is 0 Å². The first-order chi connectivity index (χ1) is 6.61. The third-order valence-corrected chi connectivity index (χ3v) is 4.08. The monoisotopic (exact) mass is 219 g/mol. The molecule has 0 saturated carbocycles. The molecule has 14 heavy (non-hydrogen) atoms. The van der Waals surface area contributed by atoms with Gasteiger partial charge in [0.05, 0.1) is 11.0 Å². The average Bonchev–Trinajstić information content (AvgIpc) is 2.21. The fraction of sp³-hybridized carbons (Fsp3) is 1.00. The number of piperidine rings is 1. The van der Waals surface area contributed by atoms with Gasteiger partial charge in [-0.25, -0.2) is 8.51 Å². The Bertz CT molecular complexity index is 163. The van der Waals surface area contributed by atoms with E-state index in [1.807, 2.05) is 27.7 Å². The molecular weight excluding hydrogens is 194 g/mol. The first-order valence-corrected chi connectivity index (χ1v) is 6.94. The lowest BCUT2D eigenvalue weighted by Gasteiger charge is -2.30. The Balaban J connectivity index is 0.000000791. The minimum atomic E-state index is -0.740. The van der Waals surface area contributed by atoms with E-state index in [-0.39, 0.29) is 5.25 Å². The van der Waals surface area contributed by atoms with Crippen molar-refractivity contribution in [2.75, 3.05) is 13.1 Å². The number of nitrogens with zero attached hydrogens (tertiary/aromatic N) is 1. The molecule has 1 atom stereocenters. The van der Waals surface area contributed by atoms with E-state index in [9.17, 15) is 4.21 Å². The summed E-state index contributed by atoms with van der Waals surface area (Å²) >= 11 is 0. The average molecular weight is 219 g/mol. The van der Waals surface area contributed by atoms with Crippen LogP contribution in [0.1, 0.15) is 47.5 Å². The third-order valence-electron chi connectivity index (χ3n) is 2.40. The summed E-state index contributed by atoms with van der Waals surface area (Å²) in [7, 11) is -0.740. The lowest BCUT2D eigenvalue weighted by Crippen LogP contribution is -2.37. The van der Waals surface area contributed by atoms with Crippen LogP contribution in [-0.4, -0.2) is 26.9 Å². The fourth-order valence-corrected chi connectivity index (χ4v) is 2.63. The van der Waals surface area contributed by atoms with Crippen LogP contribution in [-0.2, 0) is 11.0 Å².